The molecule has 132 valence electrons. The maximum absolute atomic E-state index is 12.4. The van der Waals surface area contributed by atoms with Gasteiger partial charge in [-0.15, -0.1) is 0 Å². The van der Waals surface area contributed by atoms with Crippen molar-refractivity contribution >= 4 is 11.9 Å². The van der Waals surface area contributed by atoms with Gasteiger partial charge in [-0.3, -0.25) is 4.79 Å². The quantitative estimate of drug-likeness (QED) is 0.720. The summed E-state index contributed by atoms with van der Waals surface area (Å²) in [5.41, 5.74) is 1.95. The Morgan fingerprint density at radius 2 is 1.80 bits per heavy atom. The van der Waals surface area contributed by atoms with E-state index < -0.39 is 5.97 Å². The van der Waals surface area contributed by atoms with Crippen molar-refractivity contribution in [1.29, 1.82) is 0 Å². The van der Waals surface area contributed by atoms with Crippen molar-refractivity contribution < 1.29 is 24.2 Å². The van der Waals surface area contributed by atoms with E-state index in [1.54, 1.807) is 20.1 Å². The fourth-order valence-corrected chi connectivity index (χ4v) is 2.34. The number of benzene rings is 2. The normalized spacial score (nSPS) is 10.3. The van der Waals surface area contributed by atoms with E-state index in [1.165, 1.54) is 12.1 Å². The van der Waals surface area contributed by atoms with Crippen LogP contribution in [0.4, 0.5) is 0 Å². The number of aromatic carboxylic acids is 1. The molecule has 0 spiro atoms. The number of hydrogen-bond acceptors (Lipinski definition) is 4. The summed E-state index contributed by atoms with van der Waals surface area (Å²) in [5, 5.41) is 11.9. The number of aryl methyl sites for hydroxylation is 1. The molecule has 0 bridgehead atoms. The number of ether oxygens (including phenoxy) is 2. The van der Waals surface area contributed by atoms with Crippen molar-refractivity contribution in [3.63, 3.8) is 0 Å². The lowest BCUT2D eigenvalue weighted by Crippen LogP contribution is -2.23. The van der Waals surface area contributed by atoms with Crippen LogP contribution in [0.5, 0.6) is 5.75 Å². The summed E-state index contributed by atoms with van der Waals surface area (Å²) < 4.78 is 10.6. The van der Waals surface area contributed by atoms with Crippen molar-refractivity contribution in [3.8, 4) is 5.75 Å². The van der Waals surface area contributed by atoms with Gasteiger partial charge in [0.1, 0.15) is 12.4 Å². The zero-order valence-electron chi connectivity index (χ0n) is 14.2. The molecule has 0 unspecified atom stereocenters. The third-order valence-electron chi connectivity index (χ3n) is 3.54. The number of carbonyl (C=O) groups excluding carboxylic acids is 1. The molecular formula is C19H21NO5. The Kier molecular flexibility index (Phi) is 6.54. The Bertz CT molecular complexity index is 757. The van der Waals surface area contributed by atoms with Gasteiger partial charge in [-0.1, -0.05) is 18.2 Å². The topological polar surface area (TPSA) is 84.9 Å². The molecule has 0 radical (unpaired) electrons. The first kappa shape index (κ1) is 18.5. The third-order valence-corrected chi connectivity index (χ3v) is 3.54. The minimum atomic E-state index is -1.06. The molecule has 2 aromatic carbocycles. The zero-order chi connectivity index (χ0) is 18.2. The van der Waals surface area contributed by atoms with E-state index in [0.29, 0.717) is 30.1 Å². The number of carboxylic acid groups (broad SMARTS) is 1. The molecule has 2 rings (SSSR count). The van der Waals surface area contributed by atoms with Crippen LogP contribution in [0.2, 0.25) is 0 Å². The highest BCUT2D eigenvalue weighted by atomic mass is 16.5. The number of carboxylic acids is 1. The van der Waals surface area contributed by atoms with E-state index in [-0.39, 0.29) is 18.0 Å². The highest BCUT2D eigenvalue weighted by Crippen LogP contribution is 2.18. The second-order valence-electron chi connectivity index (χ2n) is 5.52. The molecule has 25 heavy (non-hydrogen) atoms. The predicted octanol–water partition coefficient (Wildman–Crippen LogP) is 2.65. The highest BCUT2D eigenvalue weighted by Gasteiger charge is 2.12. The van der Waals surface area contributed by atoms with Gasteiger partial charge in [0.15, 0.2) is 0 Å². The van der Waals surface area contributed by atoms with Crippen molar-refractivity contribution in [2.24, 2.45) is 0 Å². The van der Waals surface area contributed by atoms with Crippen LogP contribution >= 0.6 is 0 Å². The largest absolute Gasteiger partial charge is 0.491 e. The summed E-state index contributed by atoms with van der Waals surface area (Å²) in [6, 6.07) is 12.0. The number of para-hydroxylation sites is 1. The first-order valence-corrected chi connectivity index (χ1v) is 7.84. The van der Waals surface area contributed by atoms with E-state index >= 15 is 0 Å². The summed E-state index contributed by atoms with van der Waals surface area (Å²) >= 11 is 0. The van der Waals surface area contributed by atoms with Crippen LogP contribution in [0.1, 0.15) is 31.8 Å². The predicted molar refractivity (Wildman–Crippen MR) is 93.1 cm³/mol. The summed E-state index contributed by atoms with van der Waals surface area (Å²) in [6.07, 6.45) is 0. The molecule has 2 aromatic rings. The lowest BCUT2D eigenvalue weighted by molar-refractivity contribution is 0.0696. The smallest absolute Gasteiger partial charge is 0.335 e. The molecule has 0 saturated carbocycles. The van der Waals surface area contributed by atoms with E-state index in [1.807, 2.05) is 24.3 Å². The fraction of sp³-hybridized carbons (Fsp3) is 0.263. The zero-order valence-corrected chi connectivity index (χ0v) is 14.2. The van der Waals surface area contributed by atoms with Gasteiger partial charge in [-0.25, -0.2) is 4.79 Å². The van der Waals surface area contributed by atoms with Crippen LogP contribution in [0.25, 0.3) is 0 Å². The Labute approximate surface area is 146 Å². The van der Waals surface area contributed by atoms with Gasteiger partial charge in [-0.05, 0) is 36.8 Å². The standard InChI is InChI=1S/C19H21NO5/c1-13-9-15(11-16(10-13)19(22)23)18(21)20-12-14-5-3-4-6-17(14)25-8-7-24-2/h3-6,9-11H,7-8,12H2,1-2H3,(H,20,21)(H,22,23). The molecule has 0 fully saturated rings. The molecule has 0 aliphatic heterocycles. The monoisotopic (exact) mass is 343 g/mol. The molecule has 0 saturated heterocycles. The van der Waals surface area contributed by atoms with Crippen LogP contribution in [-0.2, 0) is 11.3 Å². The molecule has 1 amide bonds. The first-order chi connectivity index (χ1) is 12.0. The summed E-state index contributed by atoms with van der Waals surface area (Å²) in [6.45, 7) is 2.92. The number of nitrogens with one attached hydrogen (secondary N) is 1. The molecule has 2 N–H and O–H groups in total. The maximum atomic E-state index is 12.4. The maximum Gasteiger partial charge on any atom is 0.335 e. The van der Waals surface area contributed by atoms with Gasteiger partial charge >= 0.3 is 5.97 Å². The van der Waals surface area contributed by atoms with Gasteiger partial charge in [0.25, 0.3) is 5.91 Å². The highest BCUT2D eigenvalue weighted by molar-refractivity contribution is 5.97. The molecule has 0 aliphatic rings. The number of hydrogen-bond donors (Lipinski definition) is 2. The Morgan fingerprint density at radius 3 is 2.52 bits per heavy atom. The van der Waals surface area contributed by atoms with Crippen molar-refractivity contribution in [2.45, 2.75) is 13.5 Å². The van der Waals surface area contributed by atoms with Crippen molar-refractivity contribution in [1.82, 2.24) is 5.32 Å². The van der Waals surface area contributed by atoms with Crippen LogP contribution in [-0.4, -0.2) is 37.3 Å². The van der Waals surface area contributed by atoms with E-state index in [2.05, 4.69) is 5.32 Å². The van der Waals surface area contributed by atoms with Gasteiger partial charge in [0.2, 0.25) is 0 Å². The first-order valence-electron chi connectivity index (χ1n) is 7.84. The van der Waals surface area contributed by atoms with Gasteiger partial charge in [0, 0.05) is 24.8 Å². The molecule has 6 heteroatoms. The fourth-order valence-electron chi connectivity index (χ4n) is 2.34. The van der Waals surface area contributed by atoms with E-state index in [4.69, 9.17) is 14.6 Å². The van der Waals surface area contributed by atoms with E-state index in [9.17, 15) is 9.59 Å². The van der Waals surface area contributed by atoms with Crippen LogP contribution in [0.15, 0.2) is 42.5 Å². The number of rotatable bonds is 8. The van der Waals surface area contributed by atoms with Crippen molar-refractivity contribution in [2.75, 3.05) is 20.3 Å². The second kappa shape index (κ2) is 8.84. The molecule has 0 aromatic heterocycles. The van der Waals surface area contributed by atoms with Gasteiger partial charge in [-0.2, -0.15) is 0 Å². The Morgan fingerprint density at radius 1 is 1.08 bits per heavy atom. The summed E-state index contributed by atoms with van der Waals surface area (Å²) in [7, 11) is 1.60. The lowest BCUT2D eigenvalue weighted by Gasteiger charge is -2.12. The number of methoxy groups -OCH3 is 1. The van der Waals surface area contributed by atoms with Crippen LogP contribution in [0.3, 0.4) is 0 Å². The summed E-state index contributed by atoms with van der Waals surface area (Å²) in [5.74, 6) is -0.720. The molecular weight excluding hydrogens is 322 g/mol. The average Bonchev–Trinajstić information content (AvgIpc) is 2.60. The van der Waals surface area contributed by atoms with E-state index in [0.717, 1.165) is 5.56 Å². The Hall–Kier alpha value is -2.86. The molecule has 0 heterocycles. The minimum absolute atomic E-state index is 0.0912. The van der Waals surface area contributed by atoms with Crippen molar-refractivity contribution in [3.05, 3.63) is 64.7 Å². The van der Waals surface area contributed by atoms with Gasteiger partial charge in [0.05, 0.1) is 12.2 Å². The Balaban J connectivity index is 2.06. The average molecular weight is 343 g/mol. The molecule has 6 nitrogen and oxygen atoms in total. The SMILES string of the molecule is COCCOc1ccccc1CNC(=O)c1cc(C)cc(C(=O)O)c1. The van der Waals surface area contributed by atoms with Crippen LogP contribution < -0.4 is 10.1 Å². The van der Waals surface area contributed by atoms with Crippen LogP contribution in [0, 0.1) is 6.92 Å². The number of amides is 1. The number of carbonyl (C=O) groups is 2. The third kappa shape index (κ3) is 5.32. The lowest BCUT2D eigenvalue weighted by atomic mass is 10.1. The summed E-state index contributed by atoms with van der Waals surface area (Å²) in [4.78, 5) is 23.5. The minimum Gasteiger partial charge on any atom is -0.491 e. The molecule has 0 atom stereocenters. The molecule has 0 aliphatic carbocycles. The second-order valence-corrected chi connectivity index (χ2v) is 5.52. The van der Waals surface area contributed by atoms with Gasteiger partial charge < -0.3 is 19.9 Å².